The molecule has 0 rings (SSSR count). The van der Waals surface area contributed by atoms with Crippen molar-refractivity contribution in [1.82, 2.24) is 15.5 Å². The van der Waals surface area contributed by atoms with Gasteiger partial charge in [-0.25, -0.2) is 9.59 Å². The Labute approximate surface area is 113 Å². The first-order valence-corrected chi connectivity index (χ1v) is 6.32. The van der Waals surface area contributed by atoms with Gasteiger partial charge in [0.2, 0.25) is 5.91 Å². The third-order valence-electron chi connectivity index (χ3n) is 2.76. The van der Waals surface area contributed by atoms with Gasteiger partial charge in [0, 0.05) is 26.1 Å². The molecule has 3 amide bonds. The summed E-state index contributed by atoms with van der Waals surface area (Å²) in [5.41, 5.74) is -1.29. The largest absolute Gasteiger partial charge is 0.480 e. The lowest BCUT2D eigenvalue weighted by Gasteiger charge is -2.34. The highest BCUT2D eigenvalue weighted by atomic mass is 16.4. The number of carbonyl (C=O) groups is 3. The number of amides is 3. The molecule has 3 N–H and O–H groups in total. The van der Waals surface area contributed by atoms with Gasteiger partial charge in [-0.2, -0.15) is 0 Å². The second-order valence-corrected chi connectivity index (χ2v) is 4.54. The van der Waals surface area contributed by atoms with E-state index in [1.165, 1.54) is 18.7 Å². The Balaban J connectivity index is 4.39. The summed E-state index contributed by atoms with van der Waals surface area (Å²) in [5, 5.41) is 14.2. The van der Waals surface area contributed by atoms with E-state index in [4.69, 9.17) is 5.11 Å². The number of nitrogens with zero attached hydrogens (tertiary/aromatic N) is 1. The van der Waals surface area contributed by atoms with E-state index in [-0.39, 0.29) is 25.4 Å². The molecule has 110 valence electrons. The van der Waals surface area contributed by atoms with Crippen molar-refractivity contribution < 1.29 is 19.5 Å². The minimum Gasteiger partial charge on any atom is -0.480 e. The minimum absolute atomic E-state index is 0.150. The normalized spacial score (nSPS) is 10.7. The van der Waals surface area contributed by atoms with Gasteiger partial charge in [-0.1, -0.05) is 0 Å². The SMILES string of the molecule is CCNC(=O)CCNC(=O)N(CC)C(C)(C)C(=O)O. The van der Waals surface area contributed by atoms with Crippen LogP contribution >= 0.6 is 0 Å². The van der Waals surface area contributed by atoms with Crippen molar-refractivity contribution in [3.63, 3.8) is 0 Å². The molecule has 0 heterocycles. The van der Waals surface area contributed by atoms with Crippen molar-refractivity contribution in [2.75, 3.05) is 19.6 Å². The first-order valence-electron chi connectivity index (χ1n) is 6.32. The summed E-state index contributed by atoms with van der Waals surface area (Å²) in [5.74, 6) is -1.23. The summed E-state index contributed by atoms with van der Waals surface area (Å²) in [6, 6.07) is -0.487. The molecule has 0 saturated heterocycles. The Hall–Kier alpha value is -1.79. The van der Waals surface area contributed by atoms with Gasteiger partial charge in [-0.15, -0.1) is 0 Å². The van der Waals surface area contributed by atoms with Crippen LogP contribution in [0, 0.1) is 0 Å². The maximum absolute atomic E-state index is 11.9. The van der Waals surface area contributed by atoms with Crippen molar-refractivity contribution in [3.05, 3.63) is 0 Å². The van der Waals surface area contributed by atoms with Crippen LogP contribution in [-0.4, -0.2) is 53.1 Å². The second kappa shape index (κ2) is 7.60. The number of likely N-dealkylation sites (N-methyl/N-ethyl adjacent to an activating group) is 1. The first kappa shape index (κ1) is 17.2. The van der Waals surface area contributed by atoms with Crippen LogP contribution in [0.5, 0.6) is 0 Å². The van der Waals surface area contributed by atoms with E-state index in [2.05, 4.69) is 10.6 Å². The van der Waals surface area contributed by atoms with E-state index in [0.717, 1.165) is 0 Å². The number of hydrogen-bond donors (Lipinski definition) is 3. The summed E-state index contributed by atoms with van der Waals surface area (Å²) >= 11 is 0. The quantitative estimate of drug-likeness (QED) is 0.625. The maximum atomic E-state index is 11.9. The van der Waals surface area contributed by atoms with Crippen LogP contribution in [0.1, 0.15) is 34.1 Å². The molecule has 0 fully saturated rings. The average molecular weight is 273 g/mol. The van der Waals surface area contributed by atoms with Crippen LogP contribution < -0.4 is 10.6 Å². The number of hydrogen-bond acceptors (Lipinski definition) is 3. The van der Waals surface area contributed by atoms with Crippen molar-refractivity contribution >= 4 is 17.9 Å². The average Bonchev–Trinajstić information content (AvgIpc) is 2.29. The zero-order valence-electron chi connectivity index (χ0n) is 11.9. The molecule has 0 aliphatic heterocycles. The van der Waals surface area contributed by atoms with Gasteiger partial charge in [-0.3, -0.25) is 4.79 Å². The van der Waals surface area contributed by atoms with Crippen molar-refractivity contribution in [2.45, 2.75) is 39.7 Å². The molecule has 0 aromatic carbocycles. The predicted octanol–water partition coefficient (Wildman–Crippen LogP) is 0.407. The molecule has 7 heteroatoms. The standard InChI is InChI=1S/C12H23N3O4/c1-5-13-9(16)7-8-14-11(19)15(6-2)12(3,4)10(17)18/h5-8H2,1-4H3,(H,13,16)(H,14,19)(H,17,18). The van der Waals surface area contributed by atoms with Crippen LogP contribution in [0.4, 0.5) is 4.79 Å². The van der Waals surface area contributed by atoms with E-state index in [1.54, 1.807) is 6.92 Å². The Morgan fingerprint density at radius 3 is 2.16 bits per heavy atom. The fourth-order valence-electron chi connectivity index (χ4n) is 1.57. The van der Waals surface area contributed by atoms with Gasteiger partial charge < -0.3 is 20.6 Å². The molecule has 0 aromatic heterocycles. The number of nitrogens with one attached hydrogen (secondary N) is 2. The third kappa shape index (κ3) is 5.15. The van der Waals surface area contributed by atoms with Crippen molar-refractivity contribution in [1.29, 1.82) is 0 Å². The monoisotopic (exact) mass is 273 g/mol. The highest BCUT2D eigenvalue weighted by Crippen LogP contribution is 2.14. The molecular formula is C12H23N3O4. The van der Waals surface area contributed by atoms with Gasteiger partial charge >= 0.3 is 12.0 Å². The summed E-state index contributed by atoms with van der Waals surface area (Å²) in [4.78, 5) is 35.4. The van der Waals surface area contributed by atoms with E-state index in [0.29, 0.717) is 6.54 Å². The first-order chi connectivity index (χ1) is 8.77. The van der Waals surface area contributed by atoms with Crippen molar-refractivity contribution in [2.24, 2.45) is 0 Å². The molecule has 0 atom stereocenters. The van der Waals surface area contributed by atoms with E-state index in [9.17, 15) is 14.4 Å². The molecule has 0 radical (unpaired) electrons. The molecule has 0 aliphatic carbocycles. The fourth-order valence-corrected chi connectivity index (χ4v) is 1.57. The van der Waals surface area contributed by atoms with Gasteiger partial charge in [0.15, 0.2) is 0 Å². The number of carboxylic acids is 1. The van der Waals surface area contributed by atoms with Gasteiger partial charge in [0.25, 0.3) is 0 Å². The minimum atomic E-state index is -1.29. The van der Waals surface area contributed by atoms with Crippen LogP contribution in [0.25, 0.3) is 0 Å². The molecule has 0 aliphatic rings. The Morgan fingerprint density at radius 1 is 1.16 bits per heavy atom. The zero-order chi connectivity index (χ0) is 15.1. The predicted molar refractivity (Wildman–Crippen MR) is 70.8 cm³/mol. The Kier molecular flexibility index (Phi) is 6.89. The highest BCUT2D eigenvalue weighted by Gasteiger charge is 2.36. The topological polar surface area (TPSA) is 98.7 Å². The van der Waals surface area contributed by atoms with Crippen molar-refractivity contribution in [3.8, 4) is 0 Å². The lowest BCUT2D eigenvalue weighted by Crippen LogP contribution is -2.56. The van der Waals surface area contributed by atoms with Crippen LogP contribution in [-0.2, 0) is 9.59 Å². The van der Waals surface area contributed by atoms with Gasteiger partial charge in [0.1, 0.15) is 5.54 Å². The number of carboxylic acid groups (broad SMARTS) is 1. The molecule has 0 aromatic rings. The lowest BCUT2D eigenvalue weighted by atomic mass is 10.0. The number of rotatable bonds is 7. The highest BCUT2D eigenvalue weighted by molar-refractivity contribution is 5.85. The molecular weight excluding hydrogens is 250 g/mol. The van der Waals surface area contributed by atoms with E-state index >= 15 is 0 Å². The van der Waals surface area contributed by atoms with Gasteiger partial charge in [-0.05, 0) is 27.7 Å². The van der Waals surface area contributed by atoms with Crippen LogP contribution in [0.15, 0.2) is 0 Å². The van der Waals surface area contributed by atoms with E-state index in [1.807, 2.05) is 6.92 Å². The third-order valence-corrected chi connectivity index (χ3v) is 2.76. The molecule has 0 unspecified atom stereocenters. The lowest BCUT2D eigenvalue weighted by molar-refractivity contribution is -0.147. The number of carbonyl (C=O) groups excluding carboxylic acids is 2. The summed E-state index contributed by atoms with van der Waals surface area (Å²) in [7, 11) is 0. The Bertz CT molecular complexity index is 342. The molecule has 0 saturated carbocycles. The molecule has 0 bridgehead atoms. The number of aliphatic carboxylic acids is 1. The van der Waals surface area contributed by atoms with E-state index < -0.39 is 17.5 Å². The molecule has 7 nitrogen and oxygen atoms in total. The number of urea groups is 1. The Morgan fingerprint density at radius 2 is 1.74 bits per heavy atom. The smallest absolute Gasteiger partial charge is 0.329 e. The van der Waals surface area contributed by atoms with Gasteiger partial charge in [0.05, 0.1) is 0 Å². The summed E-state index contributed by atoms with van der Waals surface area (Å²) in [6.07, 6.45) is 0.171. The summed E-state index contributed by atoms with van der Waals surface area (Å²) < 4.78 is 0. The van der Waals surface area contributed by atoms with Crippen LogP contribution in [0.2, 0.25) is 0 Å². The maximum Gasteiger partial charge on any atom is 0.329 e. The second-order valence-electron chi connectivity index (χ2n) is 4.54. The molecule has 19 heavy (non-hydrogen) atoms. The fraction of sp³-hybridized carbons (Fsp3) is 0.750. The molecule has 0 spiro atoms. The zero-order valence-corrected chi connectivity index (χ0v) is 11.9. The summed E-state index contributed by atoms with van der Waals surface area (Å²) in [6.45, 7) is 7.42. The van der Waals surface area contributed by atoms with Crippen LogP contribution in [0.3, 0.4) is 0 Å².